The first-order valence-electron chi connectivity index (χ1n) is 8.53. The average Bonchev–Trinajstić information content (AvgIpc) is 3.15. The number of methoxy groups -OCH3 is 1. The van der Waals surface area contributed by atoms with Gasteiger partial charge in [-0.15, -0.1) is 0 Å². The second-order valence-corrected chi connectivity index (χ2v) is 6.70. The monoisotopic (exact) mass is 383 g/mol. The summed E-state index contributed by atoms with van der Waals surface area (Å²) in [5.74, 6) is 1.72. The molecule has 0 bridgehead atoms. The van der Waals surface area contributed by atoms with Crippen molar-refractivity contribution in [2.75, 3.05) is 12.4 Å². The molecule has 0 saturated heterocycles. The Kier molecular flexibility index (Phi) is 4.73. The van der Waals surface area contributed by atoms with Gasteiger partial charge in [-0.25, -0.2) is 0 Å². The number of aromatic amines is 1. The summed E-state index contributed by atoms with van der Waals surface area (Å²) in [4.78, 5) is 12.0. The zero-order valence-electron chi connectivity index (χ0n) is 14.7. The molecule has 1 aromatic heterocycles. The Bertz CT molecular complexity index is 986. The number of anilines is 1. The second-order valence-electron chi connectivity index (χ2n) is 6.30. The van der Waals surface area contributed by atoms with Crippen LogP contribution in [0.4, 0.5) is 5.82 Å². The highest BCUT2D eigenvalue weighted by molar-refractivity contribution is 6.31. The lowest BCUT2D eigenvalue weighted by Gasteiger charge is -2.23. The minimum absolute atomic E-state index is 0.0499. The maximum absolute atomic E-state index is 12.0. The minimum Gasteiger partial charge on any atom is -0.493 e. The first kappa shape index (κ1) is 17.4. The van der Waals surface area contributed by atoms with E-state index in [1.54, 1.807) is 13.3 Å². The molecule has 1 aliphatic heterocycles. The number of carbonyl (C=O) groups excluding carboxylic acids is 1. The van der Waals surface area contributed by atoms with E-state index in [0.29, 0.717) is 35.4 Å². The number of hydrogen-bond acceptors (Lipinski definition) is 4. The summed E-state index contributed by atoms with van der Waals surface area (Å²) >= 11 is 6.21. The van der Waals surface area contributed by atoms with Gasteiger partial charge >= 0.3 is 0 Å². The molecule has 2 N–H and O–H groups in total. The van der Waals surface area contributed by atoms with Crippen LogP contribution in [0.1, 0.15) is 29.0 Å². The van der Waals surface area contributed by atoms with Crippen molar-refractivity contribution >= 4 is 23.3 Å². The van der Waals surface area contributed by atoms with Crippen molar-refractivity contribution in [3.63, 3.8) is 0 Å². The number of nitrogens with zero attached hydrogens (tertiary/aromatic N) is 1. The number of rotatable bonds is 5. The highest BCUT2D eigenvalue weighted by Crippen LogP contribution is 2.39. The van der Waals surface area contributed by atoms with E-state index < -0.39 is 0 Å². The molecule has 0 unspecified atom stereocenters. The third kappa shape index (κ3) is 3.48. The Hall–Kier alpha value is -2.99. The van der Waals surface area contributed by atoms with Gasteiger partial charge in [0, 0.05) is 28.5 Å². The minimum atomic E-state index is -0.0962. The van der Waals surface area contributed by atoms with E-state index in [9.17, 15) is 4.79 Å². The highest BCUT2D eigenvalue weighted by atomic mass is 35.5. The van der Waals surface area contributed by atoms with Crippen molar-refractivity contribution < 1.29 is 14.3 Å². The van der Waals surface area contributed by atoms with E-state index in [1.165, 1.54) is 0 Å². The lowest BCUT2D eigenvalue weighted by atomic mass is 9.87. The maximum Gasteiger partial charge on any atom is 0.226 e. The van der Waals surface area contributed by atoms with Crippen LogP contribution in [0.5, 0.6) is 11.5 Å². The fraction of sp³-hybridized carbons (Fsp3) is 0.200. The highest BCUT2D eigenvalue weighted by Gasteiger charge is 2.28. The predicted octanol–water partition coefficient (Wildman–Crippen LogP) is 4.12. The summed E-state index contributed by atoms with van der Waals surface area (Å²) in [5, 5.41) is 10.3. The molecule has 0 radical (unpaired) electrons. The standard InChI is InChI=1S/C20H18ClN3O3/c1-26-17-7-6-12(14-9-19(25)23-20-15(14)10-22-24-20)8-18(17)27-11-13-4-2-3-5-16(13)21/h2-8,10,14H,9,11H2,1H3,(H2,22,23,24,25)/t14-/m0/s1. The lowest BCUT2D eigenvalue weighted by molar-refractivity contribution is -0.116. The third-order valence-electron chi connectivity index (χ3n) is 4.63. The summed E-state index contributed by atoms with van der Waals surface area (Å²) in [6.45, 7) is 0.321. The van der Waals surface area contributed by atoms with Crippen LogP contribution in [-0.4, -0.2) is 23.2 Å². The van der Waals surface area contributed by atoms with Crippen LogP contribution in [0.25, 0.3) is 0 Å². The van der Waals surface area contributed by atoms with Crippen LogP contribution >= 0.6 is 11.6 Å². The zero-order valence-corrected chi connectivity index (χ0v) is 15.4. The van der Waals surface area contributed by atoms with E-state index in [1.807, 2.05) is 42.5 Å². The summed E-state index contributed by atoms with van der Waals surface area (Å²) in [6, 6.07) is 13.3. The molecule has 2 heterocycles. The maximum atomic E-state index is 12.0. The van der Waals surface area contributed by atoms with Crippen LogP contribution in [0.2, 0.25) is 5.02 Å². The molecule has 0 saturated carbocycles. The number of fused-ring (bicyclic) bond motifs is 1. The third-order valence-corrected chi connectivity index (χ3v) is 5.00. The quantitative estimate of drug-likeness (QED) is 0.694. The molecular formula is C20H18ClN3O3. The summed E-state index contributed by atoms with van der Waals surface area (Å²) in [5.41, 5.74) is 2.81. The van der Waals surface area contributed by atoms with Crippen molar-refractivity contribution in [1.29, 1.82) is 0 Å². The van der Waals surface area contributed by atoms with E-state index in [2.05, 4.69) is 15.5 Å². The van der Waals surface area contributed by atoms with E-state index in [-0.39, 0.29) is 11.8 Å². The van der Waals surface area contributed by atoms with Gasteiger partial charge in [0.25, 0.3) is 0 Å². The molecule has 1 amide bonds. The number of hydrogen-bond donors (Lipinski definition) is 2. The summed E-state index contributed by atoms with van der Waals surface area (Å²) < 4.78 is 11.4. The van der Waals surface area contributed by atoms with Gasteiger partial charge in [0.1, 0.15) is 12.4 Å². The van der Waals surface area contributed by atoms with Gasteiger partial charge in [-0.1, -0.05) is 35.9 Å². The number of carbonyl (C=O) groups is 1. The smallest absolute Gasteiger partial charge is 0.226 e. The van der Waals surface area contributed by atoms with Gasteiger partial charge in [-0.2, -0.15) is 5.10 Å². The average molecular weight is 384 g/mol. The van der Waals surface area contributed by atoms with Crippen molar-refractivity contribution in [3.8, 4) is 11.5 Å². The molecule has 1 atom stereocenters. The molecule has 6 nitrogen and oxygen atoms in total. The summed E-state index contributed by atoms with van der Waals surface area (Å²) in [6.07, 6.45) is 2.09. The van der Waals surface area contributed by atoms with Crippen molar-refractivity contribution in [2.24, 2.45) is 0 Å². The topological polar surface area (TPSA) is 76.2 Å². The number of halogens is 1. The van der Waals surface area contributed by atoms with Crippen molar-refractivity contribution in [3.05, 3.63) is 70.4 Å². The molecule has 3 aromatic rings. The number of benzene rings is 2. The first-order chi connectivity index (χ1) is 13.2. The van der Waals surface area contributed by atoms with E-state index >= 15 is 0 Å². The van der Waals surface area contributed by atoms with Crippen LogP contribution < -0.4 is 14.8 Å². The second kappa shape index (κ2) is 7.32. The number of aromatic nitrogens is 2. The Morgan fingerprint density at radius 3 is 2.89 bits per heavy atom. The van der Waals surface area contributed by atoms with Gasteiger partial charge in [0.05, 0.1) is 13.3 Å². The fourth-order valence-corrected chi connectivity index (χ4v) is 3.43. The van der Waals surface area contributed by atoms with Gasteiger partial charge < -0.3 is 14.8 Å². The largest absolute Gasteiger partial charge is 0.493 e. The molecule has 27 heavy (non-hydrogen) atoms. The number of nitrogens with one attached hydrogen (secondary N) is 2. The van der Waals surface area contributed by atoms with E-state index in [0.717, 1.165) is 16.7 Å². The Morgan fingerprint density at radius 2 is 2.07 bits per heavy atom. The molecule has 4 rings (SSSR count). The van der Waals surface area contributed by atoms with E-state index in [4.69, 9.17) is 21.1 Å². The van der Waals surface area contributed by atoms with Gasteiger partial charge in [-0.3, -0.25) is 9.89 Å². The Labute approximate surface area is 161 Å². The van der Waals surface area contributed by atoms with Crippen molar-refractivity contribution in [1.82, 2.24) is 10.2 Å². The summed E-state index contributed by atoms with van der Waals surface area (Å²) in [7, 11) is 1.60. The lowest BCUT2D eigenvalue weighted by Crippen LogP contribution is -2.23. The van der Waals surface area contributed by atoms with Gasteiger partial charge in [0.15, 0.2) is 11.5 Å². The Balaban J connectivity index is 1.64. The first-order valence-corrected chi connectivity index (χ1v) is 8.90. The van der Waals surface area contributed by atoms with Gasteiger partial charge in [-0.05, 0) is 23.8 Å². The van der Waals surface area contributed by atoms with Crippen LogP contribution in [0.15, 0.2) is 48.7 Å². The molecule has 0 aliphatic carbocycles. The number of H-pyrrole nitrogens is 1. The Morgan fingerprint density at radius 1 is 1.22 bits per heavy atom. The molecule has 1 aliphatic rings. The predicted molar refractivity (Wildman–Crippen MR) is 102 cm³/mol. The normalized spacial score (nSPS) is 15.8. The zero-order chi connectivity index (χ0) is 18.8. The molecular weight excluding hydrogens is 366 g/mol. The SMILES string of the molecule is COc1ccc([C@@H]2CC(=O)Nc3[nH]ncc32)cc1OCc1ccccc1Cl. The number of amides is 1. The van der Waals surface area contributed by atoms with Crippen LogP contribution in [0.3, 0.4) is 0 Å². The molecule has 138 valence electrons. The molecule has 7 heteroatoms. The molecule has 2 aromatic carbocycles. The van der Waals surface area contributed by atoms with Crippen molar-refractivity contribution in [2.45, 2.75) is 18.9 Å². The van der Waals surface area contributed by atoms with Crippen LogP contribution in [-0.2, 0) is 11.4 Å². The van der Waals surface area contributed by atoms with Gasteiger partial charge in [0.2, 0.25) is 5.91 Å². The molecule has 0 spiro atoms. The fourth-order valence-electron chi connectivity index (χ4n) is 3.24. The number of ether oxygens (including phenoxy) is 2. The van der Waals surface area contributed by atoms with Crippen LogP contribution in [0, 0.1) is 0 Å². The molecule has 0 fully saturated rings.